The van der Waals surface area contributed by atoms with Gasteiger partial charge in [-0.3, -0.25) is 0 Å². The Labute approximate surface area is 111 Å². The van der Waals surface area contributed by atoms with Gasteiger partial charge in [-0.25, -0.2) is 21.2 Å². The molecule has 2 rings (SSSR count). The minimum atomic E-state index is -4.10. The van der Waals surface area contributed by atoms with E-state index in [2.05, 4.69) is 0 Å². The number of hydrogen-bond acceptors (Lipinski definition) is 5. The van der Waals surface area contributed by atoms with E-state index in [1.165, 1.54) is 12.1 Å². The van der Waals surface area contributed by atoms with Crippen LogP contribution in [0.3, 0.4) is 0 Å². The van der Waals surface area contributed by atoms with Gasteiger partial charge in [0.05, 0.1) is 17.2 Å². The molecule has 1 aliphatic heterocycles. The van der Waals surface area contributed by atoms with Crippen LogP contribution in [0.15, 0.2) is 23.1 Å². The third-order valence-corrected chi connectivity index (χ3v) is 6.50. The molecule has 2 N–H and O–H groups in total. The predicted molar refractivity (Wildman–Crippen MR) is 68.2 cm³/mol. The molecule has 0 aromatic heterocycles. The van der Waals surface area contributed by atoms with Gasteiger partial charge in [-0.15, -0.1) is 0 Å². The van der Waals surface area contributed by atoms with Crippen LogP contribution in [-0.4, -0.2) is 45.7 Å². The molecule has 1 aromatic carbocycles. The van der Waals surface area contributed by atoms with Gasteiger partial charge in [-0.05, 0) is 12.1 Å². The molecule has 1 aliphatic rings. The Kier molecular flexibility index (Phi) is 3.54. The second kappa shape index (κ2) is 4.73. The van der Waals surface area contributed by atoms with E-state index in [1.807, 2.05) is 0 Å². The molecule has 19 heavy (non-hydrogen) atoms. The van der Waals surface area contributed by atoms with E-state index < -0.39 is 30.6 Å². The summed E-state index contributed by atoms with van der Waals surface area (Å²) in [6, 6.07) is 3.60. The Morgan fingerprint density at radius 1 is 1.21 bits per heavy atom. The summed E-state index contributed by atoms with van der Waals surface area (Å²) < 4.78 is 61.6. The lowest BCUT2D eigenvalue weighted by Crippen LogP contribution is -2.44. The fourth-order valence-corrected chi connectivity index (χ4v) is 4.90. The zero-order chi connectivity index (χ0) is 14.3. The number of rotatable bonds is 2. The second-order valence-corrected chi connectivity index (χ2v) is 8.39. The van der Waals surface area contributed by atoms with Crippen LogP contribution in [0.1, 0.15) is 0 Å². The van der Waals surface area contributed by atoms with Crippen molar-refractivity contribution >= 4 is 25.5 Å². The molecule has 6 nitrogen and oxygen atoms in total. The highest BCUT2D eigenvalue weighted by Crippen LogP contribution is 2.26. The van der Waals surface area contributed by atoms with Crippen molar-refractivity contribution in [3.05, 3.63) is 24.0 Å². The van der Waals surface area contributed by atoms with E-state index in [0.717, 1.165) is 10.4 Å². The van der Waals surface area contributed by atoms with Gasteiger partial charge in [0.15, 0.2) is 9.84 Å². The van der Waals surface area contributed by atoms with E-state index in [4.69, 9.17) is 5.73 Å². The van der Waals surface area contributed by atoms with Gasteiger partial charge in [0.2, 0.25) is 10.0 Å². The number of hydrogen-bond donors (Lipinski definition) is 1. The predicted octanol–water partition coefficient (Wildman–Crippen LogP) is -0.173. The Hall–Kier alpha value is -1.19. The fourth-order valence-electron chi connectivity index (χ4n) is 1.86. The highest BCUT2D eigenvalue weighted by Gasteiger charge is 2.34. The maximum atomic E-state index is 13.6. The number of sulfone groups is 1. The number of nitrogens with zero attached hydrogens (tertiary/aromatic N) is 1. The fraction of sp³-hybridized carbons (Fsp3) is 0.400. The van der Waals surface area contributed by atoms with Crippen molar-refractivity contribution in [2.75, 3.05) is 30.3 Å². The summed E-state index contributed by atoms with van der Waals surface area (Å²) in [5.74, 6) is -1.46. The average Bonchev–Trinajstić information content (AvgIpc) is 2.27. The molecular formula is C10H13FN2O4S2. The average molecular weight is 308 g/mol. The van der Waals surface area contributed by atoms with Gasteiger partial charge in [-0.1, -0.05) is 6.07 Å². The molecule has 0 saturated carbocycles. The summed E-state index contributed by atoms with van der Waals surface area (Å²) in [4.78, 5) is -0.589. The summed E-state index contributed by atoms with van der Waals surface area (Å²) in [5.41, 5.74) is 5.32. The summed E-state index contributed by atoms with van der Waals surface area (Å²) in [7, 11) is -7.31. The van der Waals surface area contributed by atoms with Gasteiger partial charge in [0, 0.05) is 13.1 Å². The number of sulfonamides is 1. The van der Waals surface area contributed by atoms with E-state index in [1.54, 1.807) is 0 Å². The standard InChI is InChI=1S/C10H13FN2O4S2/c11-8-2-1-3-9(12)10(8)19(16,17)13-4-6-18(14,15)7-5-13/h1-3H,4-7,12H2. The molecule has 0 aliphatic carbocycles. The molecule has 1 saturated heterocycles. The molecule has 0 unspecified atom stereocenters. The van der Waals surface area contributed by atoms with E-state index in [-0.39, 0.29) is 30.3 Å². The van der Waals surface area contributed by atoms with Gasteiger partial charge in [0.1, 0.15) is 10.7 Å². The first-order chi connectivity index (χ1) is 8.74. The Balaban J connectivity index is 2.39. The lowest BCUT2D eigenvalue weighted by molar-refractivity contribution is 0.427. The Morgan fingerprint density at radius 3 is 2.32 bits per heavy atom. The lowest BCUT2D eigenvalue weighted by atomic mass is 10.3. The molecule has 1 heterocycles. The summed E-state index contributed by atoms with van der Waals surface area (Å²) in [6.45, 7) is -0.364. The van der Waals surface area contributed by atoms with Crippen LogP contribution < -0.4 is 5.73 Å². The lowest BCUT2D eigenvalue weighted by Gasteiger charge is -2.26. The maximum Gasteiger partial charge on any atom is 0.248 e. The molecule has 1 fully saturated rings. The van der Waals surface area contributed by atoms with Crippen molar-refractivity contribution in [1.82, 2.24) is 4.31 Å². The first-order valence-electron chi connectivity index (χ1n) is 5.48. The number of nitrogen functional groups attached to an aromatic ring is 1. The molecular weight excluding hydrogens is 295 g/mol. The van der Waals surface area contributed by atoms with Crippen LogP contribution in [0.25, 0.3) is 0 Å². The number of halogens is 1. The van der Waals surface area contributed by atoms with Crippen molar-refractivity contribution in [3.63, 3.8) is 0 Å². The monoisotopic (exact) mass is 308 g/mol. The summed E-state index contributed by atoms with van der Waals surface area (Å²) in [5, 5.41) is 0. The largest absolute Gasteiger partial charge is 0.398 e. The normalized spacial score (nSPS) is 20.3. The smallest absolute Gasteiger partial charge is 0.248 e. The van der Waals surface area contributed by atoms with Gasteiger partial charge >= 0.3 is 0 Å². The van der Waals surface area contributed by atoms with E-state index in [9.17, 15) is 21.2 Å². The zero-order valence-electron chi connectivity index (χ0n) is 9.91. The molecule has 9 heteroatoms. The van der Waals surface area contributed by atoms with Crippen molar-refractivity contribution in [2.24, 2.45) is 0 Å². The maximum absolute atomic E-state index is 13.6. The molecule has 1 aromatic rings. The highest BCUT2D eigenvalue weighted by atomic mass is 32.2. The first-order valence-corrected chi connectivity index (χ1v) is 8.75. The molecule has 106 valence electrons. The topological polar surface area (TPSA) is 97.5 Å². The molecule has 0 amide bonds. The number of benzene rings is 1. The van der Waals surface area contributed by atoms with Gasteiger partial charge < -0.3 is 5.73 Å². The molecule has 0 bridgehead atoms. The van der Waals surface area contributed by atoms with Crippen LogP contribution in [0.4, 0.5) is 10.1 Å². The van der Waals surface area contributed by atoms with Gasteiger partial charge in [0.25, 0.3) is 0 Å². The summed E-state index contributed by atoms with van der Waals surface area (Å²) >= 11 is 0. The van der Waals surface area contributed by atoms with E-state index in [0.29, 0.717) is 0 Å². The molecule has 0 spiro atoms. The number of anilines is 1. The molecule has 0 atom stereocenters. The first kappa shape index (κ1) is 14.2. The third kappa shape index (κ3) is 2.72. The van der Waals surface area contributed by atoms with Crippen molar-refractivity contribution in [3.8, 4) is 0 Å². The Bertz CT molecular complexity index is 666. The zero-order valence-corrected chi connectivity index (χ0v) is 11.5. The highest BCUT2D eigenvalue weighted by molar-refractivity contribution is 7.92. The van der Waals surface area contributed by atoms with Crippen molar-refractivity contribution in [2.45, 2.75) is 4.90 Å². The quantitative estimate of drug-likeness (QED) is 0.765. The summed E-state index contributed by atoms with van der Waals surface area (Å²) in [6.07, 6.45) is 0. The van der Waals surface area contributed by atoms with Crippen LogP contribution in [0, 0.1) is 5.82 Å². The van der Waals surface area contributed by atoms with Crippen LogP contribution >= 0.6 is 0 Å². The minimum Gasteiger partial charge on any atom is -0.398 e. The van der Waals surface area contributed by atoms with Crippen molar-refractivity contribution < 1.29 is 21.2 Å². The SMILES string of the molecule is Nc1cccc(F)c1S(=O)(=O)N1CCS(=O)(=O)CC1. The van der Waals surface area contributed by atoms with Gasteiger partial charge in [-0.2, -0.15) is 4.31 Å². The number of nitrogens with two attached hydrogens (primary N) is 1. The second-order valence-electron chi connectivity index (χ2n) is 4.21. The van der Waals surface area contributed by atoms with Crippen LogP contribution in [0.2, 0.25) is 0 Å². The third-order valence-electron chi connectivity index (χ3n) is 2.90. The molecule has 0 radical (unpaired) electrons. The van der Waals surface area contributed by atoms with Crippen LogP contribution in [0.5, 0.6) is 0 Å². The van der Waals surface area contributed by atoms with Crippen molar-refractivity contribution in [1.29, 1.82) is 0 Å². The minimum absolute atomic E-state index is 0.182. The Morgan fingerprint density at radius 2 is 1.79 bits per heavy atom. The van der Waals surface area contributed by atoms with Crippen LogP contribution in [-0.2, 0) is 19.9 Å². The van der Waals surface area contributed by atoms with E-state index >= 15 is 0 Å².